The standard InChI is InChI=1S/C14H17NO5S/c1-15(13-10-20-9-12(13)14(16)17)21(18,19)8-7-11-5-3-2-4-6-11/h2-8,12-13H,9-10H2,1H3,(H,16,17). The molecule has 2 rings (SSSR count). The van der Waals surface area contributed by atoms with Crippen LogP contribution < -0.4 is 0 Å². The zero-order chi connectivity index (χ0) is 15.5. The van der Waals surface area contributed by atoms with Crippen LogP contribution in [0, 0.1) is 5.92 Å². The third-order valence-electron chi connectivity index (χ3n) is 3.47. The van der Waals surface area contributed by atoms with Crippen LogP contribution in [-0.2, 0) is 19.6 Å². The number of rotatable bonds is 5. The average molecular weight is 311 g/mol. The van der Waals surface area contributed by atoms with E-state index in [4.69, 9.17) is 9.84 Å². The summed E-state index contributed by atoms with van der Waals surface area (Å²) >= 11 is 0. The van der Waals surface area contributed by atoms with Crippen molar-refractivity contribution >= 4 is 22.1 Å². The van der Waals surface area contributed by atoms with Gasteiger partial charge in [0.2, 0.25) is 10.0 Å². The molecule has 0 aliphatic carbocycles. The second kappa shape index (κ2) is 6.38. The summed E-state index contributed by atoms with van der Waals surface area (Å²) in [6.45, 7) is 0.119. The molecular weight excluding hydrogens is 294 g/mol. The van der Waals surface area contributed by atoms with Gasteiger partial charge in [-0.3, -0.25) is 4.79 Å². The quantitative estimate of drug-likeness (QED) is 0.877. The SMILES string of the molecule is CN(C1COCC1C(=O)O)S(=O)(=O)C=Cc1ccccc1. The monoisotopic (exact) mass is 311 g/mol. The van der Waals surface area contributed by atoms with Gasteiger partial charge in [-0.15, -0.1) is 0 Å². The lowest BCUT2D eigenvalue weighted by Crippen LogP contribution is -2.43. The van der Waals surface area contributed by atoms with E-state index in [1.165, 1.54) is 13.1 Å². The van der Waals surface area contributed by atoms with E-state index in [0.29, 0.717) is 0 Å². The summed E-state index contributed by atoms with van der Waals surface area (Å²) < 4.78 is 30.7. The molecule has 21 heavy (non-hydrogen) atoms. The number of sulfonamides is 1. The fourth-order valence-corrected chi connectivity index (χ4v) is 3.26. The first-order valence-corrected chi connectivity index (χ1v) is 7.94. The number of carbonyl (C=O) groups is 1. The number of ether oxygens (including phenoxy) is 1. The van der Waals surface area contributed by atoms with Gasteiger partial charge in [-0.1, -0.05) is 30.3 Å². The smallest absolute Gasteiger partial charge is 0.310 e. The highest BCUT2D eigenvalue weighted by Gasteiger charge is 2.40. The number of nitrogens with zero attached hydrogens (tertiary/aromatic N) is 1. The van der Waals surface area contributed by atoms with Gasteiger partial charge in [-0.2, -0.15) is 4.31 Å². The first-order valence-electron chi connectivity index (χ1n) is 6.43. The molecular formula is C14H17NO5S. The number of aliphatic carboxylic acids is 1. The van der Waals surface area contributed by atoms with E-state index in [2.05, 4.69) is 0 Å². The van der Waals surface area contributed by atoms with Crippen molar-refractivity contribution in [2.45, 2.75) is 6.04 Å². The summed E-state index contributed by atoms with van der Waals surface area (Å²) in [7, 11) is -2.32. The summed E-state index contributed by atoms with van der Waals surface area (Å²) in [6.07, 6.45) is 1.48. The normalized spacial score (nSPS) is 23.0. The minimum Gasteiger partial charge on any atom is -0.481 e. The Kier molecular flexibility index (Phi) is 4.76. The molecule has 2 unspecified atom stereocenters. The van der Waals surface area contributed by atoms with Crippen LogP contribution in [0.25, 0.3) is 6.08 Å². The lowest BCUT2D eigenvalue weighted by molar-refractivity contribution is -0.142. The van der Waals surface area contributed by atoms with Crippen LogP contribution in [0.15, 0.2) is 35.7 Å². The lowest BCUT2D eigenvalue weighted by atomic mass is 10.1. The minimum absolute atomic E-state index is 0.0300. The van der Waals surface area contributed by atoms with Crippen LogP contribution >= 0.6 is 0 Å². The number of carboxylic acid groups (broad SMARTS) is 1. The van der Waals surface area contributed by atoms with E-state index in [9.17, 15) is 13.2 Å². The van der Waals surface area contributed by atoms with Crippen LogP contribution in [0.5, 0.6) is 0 Å². The van der Waals surface area contributed by atoms with Crippen molar-refractivity contribution in [1.29, 1.82) is 0 Å². The van der Waals surface area contributed by atoms with Crippen molar-refractivity contribution in [3.05, 3.63) is 41.3 Å². The van der Waals surface area contributed by atoms with Crippen LogP contribution in [0.1, 0.15) is 5.56 Å². The van der Waals surface area contributed by atoms with Gasteiger partial charge in [-0.25, -0.2) is 8.42 Å². The maximum atomic E-state index is 12.2. The highest BCUT2D eigenvalue weighted by Crippen LogP contribution is 2.22. The second-order valence-electron chi connectivity index (χ2n) is 4.82. The molecule has 0 amide bonds. The van der Waals surface area contributed by atoms with Gasteiger partial charge in [0, 0.05) is 12.5 Å². The number of carboxylic acids is 1. The molecule has 1 aromatic carbocycles. The first kappa shape index (κ1) is 15.7. The molecule has 0 radical (unpaired) electrons. The second-order valence-corrected chi connectivity index (χ2v) is 6.70. The van der Waals surface area contributed by atoms with E-state index in [1.807, 2.05) is 6.07 Å². The maximum Gasteiger partial charge on any atom is 0.310 e. The summed E-state index contributed by atoms with van der Waals surface area (Å²) in [4.78, 5) is 11.1. The maximum absolute atomic E-state index is 12.2. The molecule has 0 saturated carbocycles. The largest absolute Gasteiger partial charge is 0.481 e. The zero-order valence-electron chi connectivity index (χ0n) is 11.5. The molecule has 0 bridgehead atoms. The van der Waals surface area contributed by atoms with E-state index in [0.717, 1.165) is 15.3 Å². The van der Waals surface area contributed by atoms with E-state index in [1.54, 1.807) is 24.3 Å². The summed E-state index contributed by atoms with van der Waals surface area (Å²) in [5.74, 6) is -1.89. The fourth-order valence-electron chi connectivity index (χ4n) is 2.15. The van der Waals surface area contributed by atoms with Gasteiger partial charge < -0.3 is 9.84 Å². The highest BCUT2D eigenvalue weighted by molar-refractivity contribution is 7.92. The molecule has 0 aromatic heterocycles. The van der Waals surface area contributed by atoms with Gasteiger partial charge >= 0.3 is 5.97 Å². The minimum atomic E-state index is -3.70. The lowest BCUT2D eigenvalue weighted by Gasteiger charge is -2.24. The molecule has 0 spiro atoms. The molecule has 1 heterocycles. The number of benzene rings is 1. The van der Waals surface area contributed by atoms with Crippen LogP contribution in [0.4, 0.5) is 0 Å². The van der Waals surface area contributed by atoms with Crippen molar-refractivity contribution in [3.8, 4) is 0 Å². The Bertz CT molecular complexity index is 626. The Hall–Kier alpha value is -1.70. The van der Waals surface area contributed by atoms with Crippen LogP contribution in [0.3, 0.4) is 0 Å². The van der Waals surface area contributed by atoms with Crippen molar-refractivity contribution in [1.82, 2.24) is 4.31 Å². The Morgan fingerprint density at radius 3 is 2.62 bits per heavy atom. The molecule has 1 N–H and O–H groups in total. The number of hydrogen-bond acceptors (Lipinski definition) is 4. The molecule has 7 heteroatoms. The van der Waals surface area contributed by atoms with Crippen molar-refractivity contribution < 1.29 is 23.1 Å². The molecule has 2 atom stereocenters. The van der Waals surface area contributed by atoms with Gasteiger partial charge in [0.1, 0.15) is 0 Å². The predicted octanol–water partition coefficient (Wildman–Crippen LogP) is 1.02. The zero-order valence-corrected chi connectivity index (χ0v) is 12.4. The van der Waals surface area contributed by atoms with Crippen LogP contribution in [-0.4, -0.2) is 50.1 Å². The Balaban J connectivity index is 2.15. The third kappa shape index (κ3) is 3.69. The first-order chi connectivity index (χ1) is 9.92. The Morgan fingerprint density at radius 1 is 1.33 bits per heavy atom. The molecule has 1 fully saturated rings. The summed E-state index contributed by atoms with van der Waals surface area (Å²) in [6, 6.07) is 8.33. The van der Waals surface area contributed by atoms with Crippen molar-refractivity contribution in [2.75, 3.05) is 20.3 Å². The summed E-state index contributed by atoms with van der Waals surface area (Å²) in [5.41, 5.74) is 0.756. The topological polar surface area (TPSA) is 83.9 Å². The third-order valence-corrected chi connectivity index (χ3v) is 5.02. The highest BCUT2D eigenvalue weighted by atomic mass is 32.2. The number of likely N-dealkylation sites (N-methyl/N-ethyl adjacent to an activating group) is 1. The van der Waals surface area contributed by atoms with E-state index < -0.39 is 28.0 Å². The Labute approximate surface area is 123 Å². The van der Waals surface area contributed by atoms with Crippen LogP contribution in [0.2, 0.25) is 0 Å². The number of hydrogen-bond donors (Lipinski definition) is 1. The molecule has 1 aromatic rings. The van der Waals surface area contributed by atoms with Crippen molar-refractivity contribution in [3.63, 3.8) is 0 Å². The van der Waals surface area contributed by atoms with E-state index >= 15 is 0 Å². The average Bonchev–Trinajstić information content (AvgIpc) is 2.95. The predicted molar refractivity (Wildman–Crippen MR) is 77.9 cm³/mol. The molecule has 1 saturated heterocycles. The molecule has 6 nitrogen and oxygen atoms in total. The van der Waals surface area contributed by atoms with Gasteiger partial charge in [0.15, 0.2) is 0 Å². The van der Waals surface area contributed by atoms with Gasteiger partial charge in [0.05, 0.1) is 25.2 Å². The fraction of sp³-hybridized carbons (Fsp3) is 0.357. The Morgan fingerprint density at radius 2 is 2.00 bits per heavy atom. The van der Waals surface area contributed by atoms with Gasteiger partial charge in [0.25, 0.3) is 0 Å². The van der Waals surface area contributed by atoms with Crippen molar-refractivity contribution in [2.24, 2.45) is 5.92 Å². The summed E-state index contributed by atoms with van der Waals surface area (Å²) in [5, 5.41) is 10.2. The van der Waals surface area contributed by atoms with Gasteiger partial charge in [-0.05, 0) is 11.6 Å². The molecule has 1 aliphatic heterocycles. The molecule has 1 aliphatic rings. The van der Waals surface area contributed by atoms with E-state index in [-0.39, 0.29) is 13.2 Å². The molecule has 114 valence electrons.